The van der Waals surface area contributed by atoms with Crippen molar-refractivity contribution in [2.24, 2.45) is 0 Å². The Labute approximate surface area is 204 Å². The van der Waals surface area contributed by atoms with Gasteiger partial charge in [0, 0.05) is 22.2 Å². The zero-order valence-electron chi connectivity index (χ0n) is 19.1. The fourth-order valence-corrected chi connectivity index (χ4v) is 8.16. The van der Waals surface area contributed by atoms with Gasteiger partial charge in [0.1, 0.15) is 0 Å². The average molecular weight is 470 g/mol. The van der Waals surface area contributed by atoms with Gasteiger partial charge >= 0.3 is 0 Å². The van der Waals surface area contributed by atoms with Gasteiger partial charge in [-0.3, -0.25) is 4.90 Å². The first-order valence-corrected chi connectivity index (χ1v) is 13.7. The lowest BCUT2D eigenvalue weighted by molar-refractivity contribution is -0.831. The van der Waals surface area contributed by atoms with E-state index in [0.717, 1.165) is 19.5 Å². The molecule has 0 saturated carbocycles. The summed E-state index contributed by atoms with van der Waals surface area (Å²) >= 11 is 4.04. The van der Waals surface area contributed by atoms with Crippen LogP contribution in [0, 0.1) is 0 Å². The number of quaternary nitrogens is 1. The third kappa shape index (κ3) is 3.56. The number of nitrogens with one attached hydrogen (secondary N) is 1. The Bertz CT molecular complexity index is 1360. The number of hydrogen-bond acceptors (Lipinski definition) is 3. The quantitative estimate of drug-likeness (QED) is 0.319. The van der Waals surface area contributed by atoms with E-state index in [2.05, 4.69) is 104 Å². The van der Waals surface area contributed by atoms with Crippen molar-refractivity contribution >= 4 is 56.4 Å². The molecule has 6 rings (SSSR count). The van der Waals surface area contributed by atoms with Gasteiger partial charge in [-0.15, -0.1) is 0 Å². The molecule has 166 valence electrons. The van der Waals surface area contributed by atoms with Gasteiger partial charge in [-0.1, -0.05) is 84.2 Å². The molecular formula is C29H29N2S2+. The summed E-state index contributed by atoms with van der Waals surface area (Å²) in [5.41, 5.74) is 2.91. The van der Waals surface area contributed by atoms with Crippen LogP contribution in [-0.2, 0) is 0 Å². The van der Waals surface area contributed by atoms with Gasteiger partial charge in [0.15, 0.2) is 11.1 Å². The van der Waals surface area contributed by atoms with E-state index in [1.807, 2.05) is 23.5 Å². The molecule has 0 aromatic heterocycles. The van der Waals surface area contributed by atoms with E-state index >= 15 is 0 Å². The van der Waals surface area contributed by atoms with Gasteiger partial charge in [0.05, 0.1) is 22.5 Å². The molecule has 3 atom stereocenters. The Balaban J connectivity index is 1.24. The smallest absolute Gasteiger partial charge is 0.162 e. The van der Waals surface area contributed by atoms with Crippen LogP contribution < -0.4 is 9.80 Å². The largest absolute Gasteiger partial charge is 0.358 e. The number of likely N-dealkylation sites (N-methyl/N-ethyl adjacent to an activating group) is 1. The summed E-state index contributed by atoms with van der Waals surface area (Å²) in [5, 5.41) is 6.37. The molecule has 0 bridgehead atoms. The van der Waals surface area contributed by atoms with E-state index in [9.17, 15) is 0 Å². The maximum atomic E-state index is 2.60. The fraction of sp³-hybridized carbons (Fsp3) is 0.241. The van der Waals surface area contributed by atoms with E-state index < -0.39 is 0 Å². The third-order valence-electron chi connectivity index (χ3n) is 6.94. The predicted molar refractivity (Wildman–Crippen MR) is 145 cm³/mol. The summed E-state index contributed by atoms with van der Waals surface area (Å²) in [6, 6.07) is 26.8. The molecule has 4 aromatic rings. The zero-order valence-corrected chi connectivity index (χ0v) is 20.8. The Morgan fingerprint density at radius 1 is 0.818 bits per heavy atom. The minimum atomic E-state index is 0.445. The molecule has 3 unspecified atom stereocenters. The second kappa shape index (κ2) is 8.75. The highest BCUT2D eigenvalue weighted by Crippen LogP contribution is 2.48. The van der Waals surface area contributed by atoms with E-state index in [1.54, 1.807) is 4.90 Å². The number of thioether (sulfide) groups is 2. The van der Waals surface area contributed by atoms with Crippen LogP contribution >= 0.6 is 23.5 Å². The third-order valence-corrected chi connectivity index (χ3v) is 9.53. The van der Waals surface area contributed by atoms with Crippen LogP contribution in [0.15, 0.2) is 94.7 Å². The summed E-state index contributed by atoms with van der Waals surface area (Å²) in [5.74, 6) is 0. The highest BCUT2D eigenvalue weighted by molar-refractivity contribution is 8.00. The van der Waals surface area contributed by atoms with E-state index in [0.29, 0.717) is 10.7 Å². The van der Waals surface area contributed by atoms with Crippen LogP contribution in [-0.4, -0.2) is 23.8 Å². The molecule has 0 saturated heterocycles. The van der Waals surface area contributed by atoms with Crippen LogP contribution in [0.5, 0.6) is 0 Å². The first-order chi connectivity index (χ1) is 16.3. The molecule has 2 aliphatic heterocycles. The summed E-state index contributed by atoms with van der Waals surface area (Å²) in [4.78, 5) is 7.03. The van der Waals surface area contributed by atoms with Gasteiger partial charge in [-0.05, 0) is 55.3 Å². The second-order valence-electron chi connectivity index (χ2n) is 8.73. The molecule has 0 spiro atoms. The van der Waals surface area contributed by atoms with Gasteiger partial charge in [0.25, 0.3) is 0 Å². The lowest BCUT2D eigenvalue weighted by atomic mass is 10.1. The molecule has 4 aromatic carbocycles. The van der Waals surface area contributed by atoms with Crippen molar-refractivity contribution in [2.75, 3.05) is 18.0 Å². The molecule has 2 heterocycles. The molecule has 33 heavy (non-hydrogen) atoms. The van der Waals surface area contributed by atoms with Crippen molar-refractivity contribution in [3.63, 3.8) is 0 Å². The number of nitrogens with zero attached hydrogens (tertiary/aromatic N) is 1. The zero-order chi connectivity index (χ0) is 22.4. The molecule has 0 fully saturated rings. The highest BCUT2D eigenvalue weighted by Gasteiger charge is 2.35. The summed E-state index contributed by atoms with van der Waals surface area (Å²) in [6.45, 7) is 6.72. The molecule has 2 aliphatic rings. The SMILES string of the molecule is CCN1c2c(ccc3ccccc23)SC1CC=CC1Sc2ccc3ccccc3c2[NH+]1CC. The lowest BCUT2D eigenvalue weighted by Crippen LogP contribution is -3.08. The molecular weight excluding hydrogens is 440 g/mol. The number of fused-ring (bicyclic) bond motifs is 6. The van der Waals surface area contributed by atoms with Crippen molar-refractivity contribution in [3.8, 4) is 0 Å². The Morgan fingerprint density at radius 2 is 1.52 bits per heavy atom. The van der Waals surface area contributed by atoms with E-state index in [-0.39, 0.29) is 0 Å². The van der Waals surface area contributed by atoms with Crippen LogP contribution in [0.3, 0.4) is 0 Å². The van der Waals surface area contributed by atoms with Crippen LogP contribution in [0.25, 0.3) is 21.5 Å². The van der Waals surface area contributed by atoms with E-state index in [1.165, 1.54) is 42.7 Å². The van der Waals surface area contributed by atoms with Gasteiger partial charge in [-0.2, -0.15) is 0 Å². The van der Waals surface area contributed by atoms with Crippen molar-refractivity contribution in [1.29, 1.82) is 0 Å². The standard InChI is InChI=1S/C29H28N2S2/c1-3-30-26(32-24-18-16-20-10-5-7-12-22(20)28(24)30)14-9-15-27-31(4-2)29-23-13-8-6-11-21(23)17-19-25(29)33-27/h5-14,16-19,26-27H,3-4,15H2,1-2H3/p+1. The normalized spacial score (nSPS) is 21.9. The number of hydrogen-bond donors (Lipinski definition) is 1. The van der Waals surface area contributed by atoms with Crippen molar-refractivity contribution in [2.45, 2.75) is 40.8 Å². The average Bonchev–Trinajstić information content (AvgIpc) is 3.41. The first kappa shape index (κ1) is 21.2. The topological polar surface area (TPSA) is 7.68 Å². The Kier molecular flexibility index (Phi) is 5.61. The van der Waals surface area contributed by atoms with Gasteiger partial charge < -0.3 is 4.90 Å². The number of rotatable bonds is 5. The summed E-state index contributed by atoms with van der Waals surface area (Å²) in [6.07, 6.45) is 5.97. The Hall–Kier alpha value is -2.40. The maximum Gasteiger partial charge on any atom is 0.162 e. The summed E-state index contributed by atoms with van der Waals surface area (Å²) < 4.78 is 0. The second-order valence-corrected chi connectivity index (χ2v) is 11.1. The van der Waals surface area contributed by atoms with Crippen LogP contribution in [0.2, 0.25) is 0 Å². The molecule has 2 nitrogen and oxygen atoms in total. The fourth-order valence-electron chi connectivity index (χ4n) is 5.40. The molecule has 4 heteroatoms. The van der Waals surface area contributed by atoms with Crippen molar-refractivity contribution in [3.05, 3.63) is 84.9 Å². The maximum absolute atomic E-state index is 2.60. The number of benzene rings is 4. The first-order valence-electron chi connectivity index (χ1n) is 11.9. The summed E-state index contributed by atoms with van der Waals surface area (Å²) in [7, 11) is 0. The van der Waals surface area contributed by atoms with Crippen molar-refractivity contribution in [1.82, 2.24) is 0 Å². The predicted octanol–water partition coefficient (Wildman–Crippen LogP) is 6.87. The molecule has 1 N–H and O–H groups in total. The molecule has 0 radical (unpaired) electrons. The highest BCUT2D eigenvalue weighted by atomic mass is 32.2. The minimum absolute atomic E-state index is 0.445. The van der Waals surface area contributed by atoms with Gasteiger partial charge in [-0.25, -0.2) is 0 Å². The van der Waals surface area contributed by atoms with Crippen LogP contribution in [0.1, 0.15) is 20.3 Å². The number of anilines is 1. The lowest BCUT2D eigenvalue weighted by Gasteiger charge is -2.25. The van der Waals surface area contributed by atoms with Crippen molar-refractivity contribution < 1.29 is 4.90 Å². The minimum Gasteiger partial charge on any atom is -0.358 e. The Morgan fingerprint density at radius 3 is 2.27 bits per heavy atom. The molecule has 0 amide bonds. The van der Waals surface area contributed by atoms with Gasteiger partial charge in [0.2, 0.25) is 0 Å². The molecule has 0 aliphatic carbocycles. The van der Waals surface area contributed by atoms with E-state index in [4.69, 9.17) is 0 Å². The monoisotopic (exact) mass is 469 g/mol. The van der Waals surface area contributed by atoms with Crippen LogP contribution in [0.4, 0.5) is 11.4 Å².